The van der Waals surface area contributed by atoms with Gasteiger partial charge in [-0.05, 0) is 0 Å². The van der Waals surface area contributed by atoms with E-state index in [1.807, 2.05) is 6.07 Å². The molecular weight excluding hydrogens is 168 g/mol. The molecule has 5 nitrogen and oxygen atoms in total. The highest BCUT2D eigenvalue weighted by molar-refractivity contribution is 5.85. The highest BCUT2D eigenvalue weighted by Crippen LogP contribution is 1.94. The molecule has 0 aliphatic heterocycles. The lowest BCUT2D eigenvalue weighted by Gasteiger charge is -1.91. The minimum Gasteiger partial charge on any atom is -0.366 e. The van der Waals surface area contributed by atoms with Crippen LogP contribution in [-0.4, -0.2) is 15.7 Å². The zero-order valence-electron chi connectivity index (χ0n) is 6.84. The Kier molecular flexibility index (Phi) is 2.82. The number of rotatable bonds is 3. The molecule has 2 N–H and O–H groups in total. The highest BCUT2D eigenvalue weighted by atomic mass is 16.1. The van der Waals surface area contributed by atoms with Gasteiger partial charge in [0.2, 0.25) is 5.91 Å². The Morgan fingerprint density at radius 1 is 1.85 bits per heavy atom. The monoisotopic (exact) mass is 176 g/mol. The van der Waals surface area contributed by atoms with Crippen molar-refractivity contribution < 1.29 is 4.79 Å². The van der Waals surface area contributed by atoms with Gasteiger partial charge in [-0.15, -0.1) is 0 Å². The zero-order valence-corrected chi connectivity index (χ0v) is 6.84. The van der Waals surface area contributed by atoms with Gasteiger partial charge in [0.1, 0.15) is 6.07 Å². The van der Waals surface area contributed by atoms with Crippen LogP contribution in [0.25, 0.3) is 0 Å². The molecule has 1 heterocycles. The Morgan fingerprint density at radius 3 is 3.15 bits per heavy atom. The summed E-state index contributed by atoms with van der Waals surface area (Å²) >= 11 is 0. The molecule has 0 bridgehead atoms. The van der Waals surface area contributed by atoms with Gasteiger partial charge in [0, 0.05) is 12.3 Å². The molecule has 13 heavy (non-hydrogen) atoms. The second kappa shape index (κ2) is 4.07. The quantitative estimate of drug-likeness (QED) is 0.647. The maximum atomic E-state index is 10.3. The van der Waals surface area contributed by atoms with Gasteiger partial charge in [0.15, 0.2) is 0 Å². The van der Waals surface area contributed by atoms with Gasteiger partial charge in [-0.1, -0.05) is 6.08 Å². The first-order chi connectivity index (χ1) is 6.22. The number of allylic oxidation sites excluding steroid dienone is 1. The lowest BCUT2D eigenvalue weighted by atomic mass is 10.4. The van der Waals surface area contributed by atoms with E-state index in [0.717, 1.165) is 0 Å². The molecule has 0 fully saturated rings. The summed E-state index contributed by atoms with van der Waals surface area (Å²) in [6, 6.07) is 1.95. The number of carbonyl (C=O) groups is 1. The number of hydrogen-bond donors (Lipinski definition) is 1. The van der Waals surface area contributed by atoms with Crippen LogP contribution >= 0.6 is 0 Å². The van der Waals surface area contributed by atoms with Crippen LogP contribution in [-0.2, 0) is 11.3 Å². The second-order valence-electron chi connectivity index (χ2n) is 2.37. The molecule has 0 radical (unpaired) electrons. The summed E-state index contributed by atoms with van der Waals surface area (Å²) in [5.74, 6) is -0.493. The van der Waals surface area contributed by atoms with Gasteiger partial charge in [-0.25, -0.2) is 0 Å². The van der Waals surface area contributed by atoms with E-state index in [9.17, 15) is 4.79 Å². The number of carbonyl (C=O) groups excluding carboxylic acids is 1. The third-order valence-corrected chi connectivity index (χ3v) is 1.34. The molecule has 5 heteroatoms. The molecule has 0 unspecified atom stereocenters. The fraction of sp³-hybridized carbons (Fsp3) is 0.125. The minimum absolute atomic E-state index is 0.435. The Hall–Kier alpha value is -2.09. The molecule has 0 aliphatic rings. The van der Waals surface area contributed by atoms with Crippen LogP contribution in [0.15, 0.2) is 24.5 Å². The number of nitrogens with two attached hydrogens (primary N) is 1. The van der Waals surface area contributed by atoms with Crippen molar-refractivity contribution >= 4 is 5.91 Å². The number of hydrogen-bond acceptors (Lipinski definition) is 3. The molecule has 1 rings (SSSR count). The van der Waals surface area contributed by atoms with E-state index in [2.05, 4.69) is 5.10 Å². The molecule has 1 amide bonds. The van der Waals surface area contributed by atoms with E-state index in [1.54, 1.807) is 12.3 Å². The average Bonchev–Trinajstić information content (AvgIpc) is 2.52. The van der Waals surface area contributed by atoms with Gasteiger partial charge >= 0.3 is 0 Å². The van der Waals surface area contributed by atoms with Crippen LogP contribution in [0, 0.1) is 11.3 Å². The summed E-state index contributed by atoms with van der Waals surface area (Å²) in [6.07, 6.45) is 5.88. The summed E-state index contributed by atoms with van der Waals surface area (Å²) in [7, 11) is 0. The fourth-order valence-corrected chi connectivity index (χ4v) is 0.798. The van der Waals surface area contributed by atoms with Crippen LogP contribution in [0.3, 0.4) is 0 Å². The van der Waals surface area contributed by atoms with Crippen LogP contribution in [0.4, 0.5) is 0 Å². The SMILES string of the molecule is N#Cc1cnn(CC=CC(N)=O)c1. The van der Waals surface area contributed by atoms with Crippen molar-refractivity contribution in [2.45, 2.75) is 6.54 Å². The van der Waals surface area contributed by atoms with Crippen molar-refractivity contribution in [2.75, 3.05) is 0 Å². The Morgan fingerprint density at radius 2 is 2.62 bits per heavy atom. The maximum absolute atomic E-state index is 10.3. The predicted molar refractivity (Wildman–Crippen MR) is 45.3 cm³/mol. The molecular formula is C8H8N4O. The van der Waals surface area contributed by atoms with Crippen molar-refractivity contribution in [2.24, 2.45) is 5.73 Å². The molecule has 0 saturated heterocycles. The van der Waals surface area contributed by atoms with Crippen LogP contribution in [0.5, 0.6) is 0 Å². The maximum Gasteiger partial charge on any atom is 0.241 e. The molecule has 66 valence electrons. The smallest absolute Gasteiger partial charge is 0.241 e. The van der Waals surface area contributed by atoms with Crippen molar-refractivity contribution in [3.8, 4) is 6.07 Å². The topological polar surface area (TPSA) is 84.7 Å². The van der Waals surface area contributed by atoms with Crippen molar-refractivity contribution in [1.29, 1.82) is 5.26 Å². The summed E-state index contributed by atoms with van der Waals surface area (Å²) in [5.41, 5.74) is 5.37. The third-order valence-electron chi connectivity index (χ3n) is 1.34. The lowest BCUT2D eigenvalue weighted by molar-refractivity contribution is -0.113. The summed E-state index contributed by atoms with van der Waals surface area (Å²) in [5, 5.41) is 12.3. The summed E-state index contributed by atoms with van der Waals surface area (Å²) in [6.45, 7) is 0.435. The molecule has 0 saturated carbocycles. The minimum atomic E-state index is -0.493. The van der Waals surface area contributed by atoms with Crippen LogP contribution in [0.2, 0.25) is 0 Å². The average molecular weight is 176 g/mol. The fourth-order valence-electron chi connectivity index (χ4n) is 0.798. The zero-order chi connectivity index (χ0) is 9.68. The standard InChI is InChI=1S/C8H8N4O/c9-4-7-5-11-12(6-7)3-1-2-8(10)13/h1-2,5-6H,3H2,(H2,10,13). The van der Waals surface area contributed by atoms with Gasteiger partial charge in [-0.2, -0.15) is 10.4 Å². The van der Waals surface area contributed by atoms with E-state index in [-0.39, 0.29) is 0 Å². The summed E-state index contributed by atoms with van der Waals surface area (Å²) < 4.78 is 1.54. The number of aromatic nitrogens is 2. The number of nitriles is 1. The van der Waals surface area contributed by atoms with E-state index in [0.29, 0.717) is 12.1 Å². The van der Waals surface area contributed by atoms with Crippen LogP contribution < -0.4 is 5.73 Å². The molecule has 1 aromatic rings. The molecule has 0 aromatic carbocycles. The highest BCUT2D eigenvalue weighted by Gasteiger charge is 1.93. The van der Waals surface area contributed by atoms with Crippen molar-refractivity contribution in [3.05, 3.63) is 30.1 Å². The van der Waals surface area contributed by atoms with E-state index < -0.39 is 5.91 Å². The molecule has 0 aliphatic carbocycles. The van der Waals surface area contributed by atoms with Gasteiger partial charge < -0.3 is 5.73 Å². The van der Waals surface area contributed by atoms with E-state index >= 15 is 0 Å². The first kappa shape index (κ1) is 9.00. The molecule has 0 atom stereocenters. The Bertz CT molecular complexity index is 372. The van der Waals surface area contributed by atoms with E-state index in [1.165, 1.54) is 17.0 Å². The molecule has 1 aromatic heterocycles. The van der Waals surface area contributed by atoms with Crippen LogP contribution in [0.1, 0.15) is 5.56 Å². The van der Waals surface area contributed by atoms with Gasteiger partial charge in [0.05, 0.1) is 18.3 Å². The van der Waals surface area contributed by atoms with Crippen molar-refractivity contribution in [3.63, 3.8) is 0 Å². The first-order valence-electron chi connectivity index (χ1n) is 3.61. The first-order valence-corrected chi connectivity index (χ1v) is 3.61. The number of amides is 1. The van der Waals surface area contributed by atoms with Crippen molar-refractivity contribution in [1.82, 2.24) is 9.78 Å². The van der Waals surface area contributed by atoms with E-state index in [4.69, 9.17) is 11.0 Å². The Balaban J connectivity index is 2.56. The third kappa shape index (κ3) is 2.79. The van der Waals surface area contributed by atoms with Gasteiger partial charge in [-0.3, -0.25) is 9.48 Å². The number of primary amides is 1. The largest absolute Gasteiger partial charge is 0.366 e. The second-order valence-corrected chi connectivity index (χ2v) is 2.37. The lowest BCUT2D eigenvalue weighted by Crippen LogP contribution is -2.06. The summed E-state index contributed by atoms with van der Waals surface area (Å²) in [4.78, 5) is 10.3. The molecule has 0 spiro atoms. The van der Waals surface area contributed by atoms with Gasteiger partial charge in [0.25, 0.3) is 0 Å². The predicted octanol–water partition coefficient (Wildman–Crippen LogP) is -0.204. The Labute approximate surface area is 75.1 Å². The number of nitrogens with zero attached hydrogens (tertiary/aromatic N) is 3. The normalized spacial score (nSPS) is 10.1.